The summed E-state index contributed by atoms with van der Waals surface area (Å²) in [5, 5.41) is 4.85. The molecule has 0 saturated carbocycles. The van der Waals surface area contributed by atoms with E-state index in [-0.39, 0.29) is 36.4 Å². The average molecular weight is 455 g/mol. The van der Waals surface area contributed by atoms with E-state index >= 15 is 0 Å². The maximum Gasteiger partial charge on any atom is 0.307 e. The topological polar surface area (TPSA) is 111 Å². The molecule has 3 rings (SSSR count). The molecule has 1 aliphatic rings. The molecule has 2 aromatic heterocycles. The molecule has 0 aliphatic carbocycles. The standard InChI is InChI=1S/C19H26N4O5S2/c1-13-20-17(12-22(13)2)30(26,27)23-8-6-14(7-9-23)19(25)21-15(11-18(24)28-3)16-5-4-10-29-16/h4-5,10,12,14-15H,6-9,11H2,1-3H3,(H,21,25). The highest BCUT2D eigenvalue weighted by atomic mass is 32.2. The second kappa shape index (κ2) is 9.27. The number of ether oxygens (including phenoxy) is 1. The van der Waals surface area contributed by atoms with Crippen molar-refractivity contribution in [1.82, 2.24) is 19.2 Å². The van der Waals surface area contributed by atoms with Gasteiger partial charge in [0.2, 0.25) is 5.91 Å². The van der Waals surface area contributed by atoms with E-state index in [9.17, 15) is 18.0 Å². The van der Waals surface area contributed by atoms with Crippen LogP contribution >= 0.6 is 11.3 Å². The second-order valence-corrected chi connectivity index (χ2v) is 10.1. The fourth-order valence-corrected chi connectivity index (χ4v) is 5.67. The van der Waals surface area contributed by atoms with E-state index in [2.05, 4.69) is 10.3 Å². The van der Waals surface area contributed by atoms with Crippen LogP contribution in [0, 0.1) is 12.8 Å². The maximum atomic E-state index is 12.8. The lowest BCUT2D eigenvalue weighted by atomic mass is 9.96. The minimum absolute atomic E-state index is 0.0289. The summed E-state index contributed by atoms with van der Waals surface area (Å²) in [5.41, 5.74) is 0. The Morgan fingerprint density at radius 3 is 2.60 bits per heavy atom. The fraction of sp³-hybridized carbons (Fsp3) is 0.526. The molecule has 1 N–H and O–H groups in total. The molecular formula is C19H26N4O5S2. The molecule has 9 nitrogen and oxygen atoms in total. The molecule has 3 heterocycles. The number of rotatable bonds is 7. The largest absolute Gasteiger partial charge is 0.469 e. The third kappa shape index (κ3) is 4.90. The number of sulfonamides is 1. The molecule has 0 radical (unpaired) electrons. The van der Waals surface area contributed by atoms with Crippen LogP contribution in [0.2, 0.25) is 0 Å². The van der Waals surface area contributed by atoms with Crippen LogP contribution in [0.1, 0.15) is 36.0 Å². The summed E-state index contributed by atoms with van der Waals surface area (Å²) in [4.78, 5) is 29.5. The van der Waals surface area contributed by atoms with Crippen molar-refractivity contribution >= 4 is 33.2 Å². The van der Waals surface area contributed by atoms with Crippen LogP contribution < -0.4 is 5.32 Å². The summed E-state index contributed by atoms with van der Waals surface area (Å²) < 4.78 is 33.4. The zero-order valence-corrected chi connectivity index (χ0v) is 18.8. The van der Waals surface area contributed by atoms with E-state index in [1.54, 1.807) is 18.5 Å². The molecule has 0 aromatic carbocycles. The lowest BCUT2D eigenvalue weighted by molar-refractivity contribution is -0.141. The van der Waals surface area contributed by atoms with E-state index in [1.165, 1.54) is 28.9 Å². The zero-order valence-electron chi connectivity index (χ0n) is 17.2. The summed E-state index contributed by atoms with van der Waals surface area (Å²) >= 11 is 1.46. The van der Waals surface area contributed by atoms with Crippen LogP contribution in [0.3, 0.4) is 0 Å². The molecular weight excluding hydrogens is 428 g/mol. The molecule has 1 saturated heterocycles. The minimum Gasteiger partial charge on any atom is -0.469 e. The Hall–Kier alpha value is -2.24. The van der Waals surface area contributed by atoms with Crippen molar-refractivity contribution in [3.63, 3.8) is 0 Å². The predicted octanol–water partition coefficient (Wildman–Crippen LogP) is 1.61. The molecule has 1 amide bonds. The number of aromatic nitrogens is 2. The third-order valence-electron chi connectivity index (χ3n) is 5.32. The van der Waals surface area contributed by atoms with Crippen molar-refractivity contribution in [2.75, 3.05) is 20.2 Å². The van der Waals surface area contributed by atoms with Gasteiger partial charge in [-0.05, 0) is 31.2 Å². The molecule has 164 valence electrons. The van der Waals surface area contributed by atoms with Gasteiger partial charge in [-0.15, -0.1) is 11.3 Å². The average Bonchev–Trinajstić information content (AvgIpc) is 3.38. The lowest BCUT2D eigenvalue weighted by Crippen LogP contribution is -2.44. The molecule has 1 atom stereocenters. The third-order valence-corrected chi connectivity index (χ3v) is 8.07. The fourth-order valence-electron chi connectivity index (χ4n) is 3.39. The zero-order chi connectivity index (χ0) is 21.9. The van der Waals surface area contributed by atoms with Gasteiger partial charge >= 0.3 is 5.97 Å². The van der Waals surface area contributed by atoms with Crippen LogP contribution in [0.15, 0.2) is 28.7 Å². The quantitative estimate of drug-likeness (QED) is 0.637. The minimum atomic E-state index is -3.68. The van der Waals surface area contributed by atoms with Crippen molar-refractivity contribution in [2.45, 2.75) is 37.3 Å². The van der Waals surface area contributed by atoms with Gasteiger partial charge in [0.1, 0.15) is 5.82 Å². The lowest BCUT2D eigenvalue weighted by Gasteiger charge is -2.30. The van der Waals surface area contributed by atoms with E-state index < -0.39 is 22.0 Å². The van der Waals surface area contributed by atoms with Crippen molar-refractivity contribution in [3.8, 4) is 0 Å². The smallest absolute Gasteiger partial charge is 0.307 e. The van der Waals surface area contributed by atoms with E-state index in [0.717, 1.165) is 4.88 Å². The van der Waals surface area contributed by atoms with Gasteiger partial charge in [0.05, 0.1) is 19.6 Å². The van der Waals surface area contributed by atoms with Gasteiger partial charge < -0.3 is 14.6 Å². The molecule has 1 fully saturated rings. The molecule has 1 aliphatic heterocycles. The number of hydrogen-bond acceptors (Lipinski definition) is 7. The molecule has 1 unspecified atom stereocenters. The molecule has 2 aromatic rings. The van der Waals surface area contributed by atoms with Gasteiger partial charge in [0.15, 0.2) is 5.03 Å². The molecule has 30 heavy (non-hydrogen) atoms. The Labute approximate surface area is 180 Å². The Kier molecular flexibility index (Phi) is 6.94. The number of piperidine rings is 1. The number of carbonyl (C=O) groups is 2. The van der Waals surface area contributed by atoms with Gasteiger partial charge in [0.25, 0.3) is 10.0 Å². The highest BCUT2D eigenvalue weighted by Gasteiger charge is 2.34. The van der Waals surface area contributed by atoms with Gasteiger partial charge in [-0.1, -0.05) is 6.07 Å². The Morgan fingerprint density at radius 2 is 2.07 bits per heavy atom. The number of carbonyl (C=O) groups excluding carboxylic acids is 2. The van der Waals surface area contributed by atoms with Crippen molar-refractivity contribution < 1.29 is 22.7 Å². The number of nitrogens with one attached hydrogen (secondary N) is 1. The molecule has 0 spiro atoms. The van der Waals surface area contributed by atoms with Crippen molar-refractivity contribution in [2.24, 2.45) is 13.0 Å². The number of aryl methyl sites for hydroxylation is 2. The normalized spacial score (nSPS) is 16.9. The number of amides is 1. The number of hydrogen-bond donors (Lipinski definition) is 1. The van der Waals surface area contributed by atoms with E-state index in [0.29, 0.717) is 18.7 Å². The monoisotopic (exact) mass is 454 g/mol. The first-order chi connectivity index (χ1) is 14.2. The van der Waals surface area contributed by atoms with Crippen LogP contribution in [-0.4, -0.2) is 54.3 Å². The summed E-state index contributed by atoms with van der Waals surface area (Å²) in [6.45, 7) is 2.24. The van der Waals surface area contributed by atoms with Gasteiger partial charge in [-0.25, -0.2) is 13.4 Å². The summed E-state index contributed by atoms with van der Waals surface area (Å²) in [6.07, 6.45) is 2.37. The van der Waals surface area contributed by atoms with Crippen molar-refractivity contribution in [1.29, 1.82) is 0 Å². The van der Waals surface area contributed by atoms with Crippen LogP contribution in [0.5, 0.6) is 0 Å². The number of esters is 1. The highest BCUT2D eigenvalue weighted by Crippen LogP contribution is 2.27. The summed E-state index contributed by atoms with van der Waals surface area (Å²) in [5.74, 6) is -0.279. The first kappa shape index (κ1) is 22.4. The second-order valence-electron chi connectivity index (χ2n) is 7.27. The Morgan fingerprint density at radius 1 is 1.37 bits per heavy atom. The van der Waals surface area contributed by atoms with Crippen LogP contribution in [0.25, 0.3) is 0 Å². The molecule has 11 heteroatoms. The number of nitrogens with zero attached hydrogens (tertiary/aromatic N) is 3. The van der Waals surface area contributed by atoms with Crippen LogP contribution in [-0.2, 0) is 31.4 Å². The van der Waals surface area contributed by atoms with Gasteiger partial charge in [-0.3, -0.25) is 9.59 Å². The Bertz CT molecular complexity index is 973. The molecule has 0 bridgehead atoms. The van der Waals surface area contributed by atoms with E-state index in [4.69, 9.17) is 4.74 Å². The number of thiophene rings is 1. The SMILES string of the molecule is COC(=O)CC(NC(=O)C1CCN(S(=O)(=O)c2cn(C)c(C)n2)CC1)c1cccs1. The number of methoxy groups -OCH3 is 1. The first-order valence-corrected chi connectivity index (χ1v) is 11.9. The van der Waals surface area contributed by atoms with Crippen LogP contribution in [0.4, 0.5) is 0 Å². The maximum absolute atomic E-state index is 12.8. The van der Waals surface area contributed by atoms with E-state index in [1.807, 2.05) is 17.5 Å². The predicted molar refractivity (Wildman–Crippen MR) is 111 cm³/mol. The Balaban J connectivity index is 1.62. The van der Waals surface area contributed by atoms with Crippen molar-refractivity contribution in [3.05, 3.63) is 34.4 Å². The first-order valence-electron chi connectivity index (χ1n) is 9.63. The summed E-state index contributed by atoms with van der Waals surface area (Å²) in [7, 11) is -0.620. The van der Waals surface area contributed by atoms with Gasteiger partial charge in [0, 0.05) is 37.1 Å². The van der Waals surface area contributed by atoms with Gasteiger partial charge in [-0.2, -0.15) is 4.31 Å². The summed E-state index contributed by atoms with van der Waals surface area (Å²) in [6, 6.07) is 3.27. The number of imidazole rings is 1. The highest BCUT2D eigenvalue weighted by molar-refractivity contribution is 7.89.